The summed E-state index contributed by atoms with van der Waals surface area (Å²) in [6.45, 7) is 3.42. The Morgan fingerprint density at radius 2 is 2.46 bits per heavy atom. The minimum Gasteiger partial charge on any atom is -0.455 e. The van der Waals surface area contributed by atoms with E-state index in [2.05, 4.69) is 27.5 Å². The van der Waals surface area contributed by atoms with Gasteiger partial charge in [0.05, 0.1) is 0 Å². The van der Waals surface area contributed by atoms with Gasteiger partial charge >= 0.3 is 5.97 Å². The summed E-state index contributed by atoms with van der Waals surface area (Å²) in [5, 5.41) is 0.291. The Balaban J connectivity index is 2.54. The molecule has 0 saturated heterocycles. The van der Waals surface area contributed by atoms with Crippen LogP contribution in [0.1, 0.15) is 10.5 Å². The highest BCUT2D eigenvalue weighted by atomic mass is 79.9. The van der Waals surface area contributed by atoms with Crippen LogP contribution in [0.3, 0.4) is 0 Å². The van der Waals surface area contributed by atoms with Gasteiger partial charge in [0.15, 0.2) is 0 Å². The standard InChI is InChI=1S/C8H7BrClNO2/c1-5(10)4-13-8(12)7-2-6(9)3-11-7/h2-3,11H,1,4H2. The topological polar surface area (TPSA) is 42.1 Å². The average molecular weight is 265 g/mol. The van der Waals surface area contributed by atoms with E-state index in [0.717, 1.165) is 4.47 Å². The Hall–Kier alpha value is -0.740. The molecule has 0 radical (unpaired) electrons. The number of H-pyrrole nitrogens is 1. The molecule has 0 aromatic carbocycles. The summed E-state index contributed by atoms with van der Waals surface area (Å²) in [4.78, 5) is 13.9. The van der Waals surface area contributed by atoms with E-state index in [9.17, 15) is 4.79 Å². The Kier molecular flexibility index (Phi) is 3.57. The van der Waals surface area contributed by atoms with Crippen LogP contribution >= 0.6 is 27.5 Å². The van der Waals surface area contributed by atoms with Crippen molar-refractivity contribution in [1.82, 2.24) is 4.98 Å². The van der Waals surface area contributed by atoms with Crippen LogP contribution < -0.4 is 0 Å². The number of ether oxygens (including phenoxy) is 1. The van der Waals surface area contributed by atoms with Gasteiger partial charge in [0.2, 0.25) is 0 Å². The molecule has 3 nitrogen and oxygen atoms in total. The molecule has 0 atom stereocenters. The molecule has 0 unspecified atom stereocenters. The van der Waals surface area contributed by atoms with Crippen molar-refractivity contribution in [3.63, 3.8) is 0 Å². The lowest BCUT2D eigenvalue weighted by atomic mass is 10.4. The second kappa shape index (κ2) is 4.48. The van der Waals surface area contributed by atoms with Crippen molar-refractivity contribution in [1.29, 1.82) is 0 Å². The van der Waals surface area contributed by atoms with E-state index in [1.807, 2.05) is 0 Å². The van der Waals surface area contributed by atoms with E-state index < -0.39 is 5.97 Å². The van der Waals surface area contributed by atoms with Gasteiger partial charge in [0, 0.05) is 15.7 Å². The fraction of sp³-hybridized carbons (Fsp3) is 0.125. The van der Waals surface area contributed by atoms with Gasteiger partial charge in [-0.2, -0.15) is 0 Å². The van der Waals surface area contributed by atoms with Gasteiger partial charge in [-0.05, 0) is 22.0 Å². The summed E-state index contributed by atoms with van der Waals surface area (Å²) in [7, 11) is 0. The second-order valence-electron chi connectivity index (χ2n) is 2.32. The van der Waals surface area contributed by atoms with Crippen molar-refractivity contribution in [2.24, 2.45) is 0 Å². The van der Waals surface area contributed by atoms with E-state index in [0.29, 0.717) is 10.7 Å². The summed E-state index contributed by atoms with van der Waals surface area (Å²) in [5.41, 5.74) is 0.379. The van der Waals surface area contributed by atoms with Gasteiger partial charge in [-0.15, -0.1) is 0 Å². The Morgan fingerprint density at radius 3 is 2.92 bits per heavy atom. The monoisotopic (exact) mass is 263 g/mol. The number of rotatable bonds is 3. The van der Waals surface area contributed by atoms with Crippen molar-refractivity contribution in [3.8, 4) is 0 Å². The molecule has 0 saturated carbocycles. The van der Waals surface area contributed by atoms with Crippen LogP contribution in [0, 0.1) is 0 Å². The number of nitrogens with one attached hydrogen (secondary N) is 1. The fourth-order valence-corrected chi connectivity index (χ4v) is 1.11. The normalized spacial score (nSPS) is 9.69. The third-order valence-corrected chi connectivity index (χ3v) is 1.79. The van der Waals surface area contributed by atoms with Gasteiger partial charge in [-0.1, -0.05) is 18.2 Å². The van der Waals surface area contributed by atoms with Crippen LogP contribution in [0.15, 0.2) is 28.3 Å². The maximum absolute atomic E-state index is 11.2. The predicted octanol–water partition coefficient (Wildman–Crippen LogP) is 2.69. The first-order valence-electron chi connectivity index (χ1n) is 3.44. The highest BCUT2D eigenvalue weighted by molar-refractivity contribution is 9.10. The molecular weight excluding hydrogens is 257 g/mol. The fourth-order valence-electron chi connectivity index (χ4n) is 0.707. The van der Waals surface area contributed by atoms with Gasteiger partial charge in [0.1, 0.15) is 12.3 Å². The van der Waals surface area contributed by atoms with Crippen LogP contribution in [-0.2, 0) is 4.74 Å². The molecule has 0 aliphatic rings. The number of hydrogen-bond donors (Lipinski definition) is 1. The van der Waals surface area contributed by atoms with E-state index >= 15 is 0 Å². The lowest BCUT2D eigenvalue weighted by Crippen LogP contribution is -2.06. The van der Waals surface area contributed by atoms with Crippen LogP contribution in [0.5, 0.6) is 0 Å². The maximum Gasteiger partial charge on any atom is 0.355 e. The molecule has 0 aliphatic carbocycles. The first-order valence-corrected chi connectivity index (χ1v) is 4.61. The molecule has 5 heteroatoms. The van der Waals surface area contributed by atoms with Crippen molar-refractivity contribution in [2.45, 2.75) is 0 Å². The van der Waals surface area contributed by atoms with Gasteiger partial charge in [-0.25, -0.2) is 4.79 Å². The Bertz CT molecular complexity index is 335. The maximum atomic E-state index is 11.2. The van der Waals surface area contributed by atoms with Crippen molar-refractivity contribution >= 4 is 33.5 Å². The lowest BCUT2D eigenvalue weighted by Gasteiger charge is -2.00. The van der Waals surface area contributed by atoms with Crippen LogP contribution in [0.25, 0.3) is 0 Å². The zero-order chi connectivity index (χ0) is 9.84. The number of halogens is 2. The van der Waals surface area contributed by atoms with Crippen LogP contribution in [0.4, 0.5) is 0 Å². The third-order valence-electron chi connectivity index (χ3n) is 1.23. The first kappa shape index (κ1) is 10.3. The number of hydrogen-bond acceptors (Lipinski definition) is 2. The summed E-state index contributed by atoms with van der Waals surface area (Å²) < 4.78 is 5.58. The summed E-state index contributed by atoms with van der Waals surface area (Å²) in [6.07, 6.45) is 1.64. The zero-order valence-electron chi connectivity index (χ0n) is 6.64. The summed E-state index contributed by atoms with van der Waals surface area (Å²) in [5.74, 6) is -0.451. The SMILES string of the molecule is C=C(Cl)COC(=O)c1cc(Br)c[nH]1. The number of carbonyl (C=O) groups excluding carboxylic acids is 1. The smallest absolute Gasteiger partial charge is 0.355 e. The molecule has 0 aliphatic heterocycles. The molecule has 1 aromatic rings. The van der Waals surface area contributed by atoms with Crippen molar-refractivity contribution in [3.05, 3.63) is 34.0 Å². The molecule has 1 aromatic heterocycles. The second-order valence-corrected chi connectivity index (χ2v) is 3.78. The molecule has 1 N–H and O–H groups in total. The highest BCUT2D eigenvalue weighted by Crippen LogP contribution is 2.11. The molecule has 70 valence electrons. The van der Waals surface area contributed by atoms with E-state index in [-0.39, 0.29) is 6.61 Å². The molecule has 0 spiro atoms. The number of aromatic nitrogens is 1. The molecule has 0 fully saturated rings. The van der Waals surface area contributed by atoms with Crippen molar-refractivity contribution < 1.29 is 9.53 Å². The Labute approximate surface area is 88.9 Å². The lowest BCUT2D eigenvalue weighted by molar-refractivity contribution is 0.0540. The van der Waals surface area contributed by atoms with E-state index in [1.54, 1.807) is 12.3 Å². The zero-order valence-corrected chi connectivity index (χ0v) is 8.98. The highest BCUT2D eigenvalue weighted by Gasteiger charge is 2.08. The van der Waals surface area contributed by atoms with Gasteiger partial charge < -0.3 is 9.72 Å². The predicted molar refractivity (Wildman–Crippen MR) is 53.8 cm³/mol. The molecule has 0 amide bonds. The summed E-state index contributed by atoms with van der Waals surface area (Å²) >= 11 is 8.62. The van der Waals surface area contributed by atoms with Crippen LogP contribution in [0.2, 0.25) is 0 Å². The molecular formula is C8H7BrClNO2. The summed E-state index contributed by atoms with van der Waals surface area (Å²) in [6, 6.07) is 1.62. The Morgan fingerprint density at radius 1 is 1.77 bits per heavy atom. The number of esters is 1. The average Bonchev–Trinajstić information content (AvgIpc) is 2.47. The third kappa shape index (κ3) is 3.24. The molecule has 0 bridgehead atoms. The largest absolute Gasteiger partial charge is 0.455 e. The van der Waals surface area contributed by atoms with E-state index in [1.165, 1.54) is 0 Å². The molecule has 13 heavy (non-hydrogen) atoms. The van der Waals surface area contributed by atoms with Crippen LogP contribution in [-0.4, -0.2) is 17.6 Å². The minimum atomic E-state index is -0.451. The van der Waals surface area contributed by atoms with Gasteiger partial charge in [-0.3, -0.25) is 0 Å². The van der Waals surface area contributed by atoms with E-state index in [4.69, 9.17) is 16.3 Å². The van der Waals surface area contributed by atoms with Crippen molar-refractivity contribution in [2.75, 3.05) is 6.61 Å². The molecule has 1 heterocycles. The number of aromatic amines is 1. The quantitative estimate of drug-likeness (QED) is 0.853. The number of carbonyl (C=O) groups is 1. The first-order chi connectivity index (χ1) is 6.09. The minimum absolute atomic E-state index is 0.0248. The van der Waals surface area contributed by atoms with Gasteiger partial charge in [0.25, 0.3) is 0 Å². The molecule has 1 rings (SSSR count).